The molecule has 2 amide bonds. The molecule has 1 saturated heterocycles. The standard InChI is InChI=1S/C15H16Cl2N2O4/c1-8-11(14(20)23-7-6-22-2)13(19-15(21)18-8)9-4-3-5-10(16)12(9)17/h3-5,11,13H,1,6-7H2,2H3,(H2,18,19,21)/t11-,13+/m1/s1. The van der Waals surface area contributed by atoms with Crippen LogP contribution in [-0.2, 0) is 14.3 Å². The van der Waals surface area contributed by atoms with Crippen LogP contribution in [0.25, 0.3) is 0 Å². The Morgan fingerprint density at radius 1 is 1.35 bits per heavy atom. The third-order valence-electron chi connectivity index (χ3n) is 3.37. The highest BCUT2D eigenvalue weighted by Gasteiger charge is 2.39. The fourth-order valence-corrected chi connectivity index (χ4v) is 2.72. The Morgan fingerprint density at radius 2 is 2.09 bits per heavy atom. The van der Waals surface area contributed by atoms with Crippen molar-refractivity contribution in [1.82, 2.24) is 10.6 Å². The minimum Gasteiger partial charge on any atom is -0.463 e. The number of amides is 2. The van der Waals surface area contributed by atoms with Crippen molar-refractivity contribution >= 4 is 35.2 Å². The number of carbonyl (C=O) groups is 2. The van der Waals surface area contributed by atoms with Gasteiger partial charge in [-0.25, -0.2) is 4.79 Å². The number of hydrogen-bond donors (Lipinski definition) is 2. The topological polar surface area (TPSA) is 76.7 Å². The molecule has 2 N–H and O–H groups in total. The number of nitrogens with one attached hydrogen (secondary N) is 2. The lowest BCUT2D eigenvalue weighted by Gasteiger charge is -2.33. The van der Waals surface area contributed by atoms with Gasteiger partial charge in [-0.05, 0) is 11.6 Å². The molecule has 2 atom stereocenters. The van der Waals surface area contributed by atoms with Gasteiger partial charge < -0.3 is 20.1 Å². The molecule has 0 radical (unpaired) electrons. The second-order valence-electron chi connectivity index (χ2n) is 4.88. The average molecular weight is 359 g/mol. The Labute approximate surface area is 143 Å². The predicted molar refractivity (Wildman–Crippen MR) is 86.3 cm³/mol. The van der Waals surface area contributed by atoms with E-state index < -0.39 is 24.0 Å². The first-order chi connectivity index (χ1) is 11.0. The van der Waals surface area contributed by atoms with Gasteiger partial charge in [-0.1, -0.05) is 41.9 Å². The van der Waals surface area contributed by atoms with Gasteiger partial charge >= 0.3 is 12.0 Å². The molecular weight excluding hydrogens is 343 g/mol. The van der Waals surface area contributed by atoms with E-state index in [1.165, 1.54) is 7.11 Å². The Hall–Kier alpha value is -1.76. The van der Waals surface area contributed by atoms with Gasteiger partial charge in [-0.15, -0.1) is 0 Å². The molecule has 1 aromatic rings. The molecule has 0 bridgehead atoms. The highest BCUT2D eigenvalue weighted by Crippen LogP contribution is 2.37. The predicted octanol–water partition coefficient (Wildman–Crippen LogP) is 2.67. The van der Waals surface area contributed by atoms with Crippen LogP contribution in [0.15, 0.2) is 30.5 Å². The van der Waals surface area contributed by atoms with E-state index in [-0.39, 0.29) is 23.9 Å². The Balaban J connectivity index is 2.31. The fourth-order valence-electron chi connectivity index (χ4n) is 2.30. The highest BCUT2D eigenvalue weighted by molar-refractivity contribution is 6.42. The summed E-state index contributed by atoms with van der Waals surface area (Å²) < 4.78 is 10.0. The van der Waals surface area contributed by atoms with Crippen molar-refractivity contribution in [2.75, 3.05) is 20.3 Å². The number of rotatable bonds is 5. The molecule has 23 heavy (non-hydrogen) atoms. The number of halogens is 2. The normalized spacial score (nSPS) is 20.7. The van der Waals surface area contributed by atoms with Gasteiger partial charge in [0.1, 0.15) is 12.5 Å². The molecule has 2 rings (SSSR count). The van der Waals surface area contributed by atoms with Crippen LogP contribution in [0.4, 0.5) is 4.79 Å². The van der Waals surface area contributed by atoms with E-state index in [0.29, 0.717) is 10.6 Å². The maximum absolute atomic E-state index is 12.4. The van der Waals surface area contributed by atoms with Crippen molar-refractivity contribution in [2.45, 2.75) is 6.04 Å². The number of carbonyl (C=O) groups excluding carboxylic acids is 2. The smallest absolute Gasteiger partial charge is 0.319 e. The maximum Gasteiger partial charge on any atom is 0.319 e. The van der Waals surface area contributed by atoms with Crippen molar-refractivity contribution in [3.8, 4) is 0 Å². The fraction of sp³-hybridized carbons (Fsp3) is 0.333. The van der Waals surface area contributed by atoms with Crippen molar-refractivity contribution in [3.05, 3.63) is 46.1 Å². The molecular formula is C15H16Cl2N2O4. The van der Waals surface area contributed by atoms with E-state index in [2.05, 4.69) is 17.2 Å². The summed E-state index contributed by atoms with van der Waals surface area (Å²) in [5.74, 6) is -1.37. The van der Waals surface area contributed by atoms with Crippen LogP contribution in [0.5, 0.6) is 0 Å². The van der Waals surface area contributed by atoms with Crippen molar-refractivity contribution < 1.29 is 19.1 Å². The van der Waals surface area contributed by atoms with Gasteiger partial charge in [-0.2, -0.15) is 0 Å². The quantitative estimate of drug-likeness (QED) is 0.626. The maximum atomic E-state index is 12.4. The van der Waals surface area contributed by atoms with Crippen LogP contribution in [-0.4, -0.2) is 32.3 Å². The molecule has 0 aliphatic carbocycles. The van der Waals surface area contributed by atoms with Crippen molar-refractivity contribution in [1.29, 1.82) is 0 Å². The van der Waals surface area contributed by atoms with Crippen molar-refractivity contribution in [2.24, 2.45) is 5.92 Å². The van der Waals surface area contributed by atoms with Crippen LogP contribution < -0.4 is 10.6 Å². The molecule has 0 aromatic heterocycles. The molecule has 6 nitrogen and oxygen atoms in total. The van der Waals surface area contributed by atoms with Gasteiger partial charge in [0.15, 0.2) is 0 Å². The van der Waals surface area contributed by atoms with Crippen LogP contribution in [0.3, 0.4) is 0 Å². The molecule has 1 aliphatic rings. The van der Waals surface area contributed by atoms with Crippen LogP contribution in [0.1, 0.15) is 11.6 Å². The molecule has 1 heterocycles. The van der Waals surface area contributed by atoms with E-state index in [0.717, 1.165) is 0 Å². The Bertz CT molecular complexity index is 636. The van der Waals surface area contributed by atoms with Gasteiger partial charge in [0, 0.05) is 12.8 Å². The molecule has 124 valence electrons. The summed E-state index contributed by atoms with van der Waals surface area (Å²) in [7, 11) is 1.50. The largest absolute Gasteiger partial charge is 0.463 e. The molecule has 0 unspecified atom stereocenters. The van der Waals surface area contributed by atoms with E-state index >= 15 is 0 Å². The summed E-state index contributed by atoms with van der Waals surface area (Å²) in [6, 6.07) is 3.80. The number of methoxy groups -OCH3 is 1. The van der Waals surface area contributed by atoms with Crippen LogP contribution >= 0.6 is 23.2 Å². The van der Waals surface area contributed by atoms with Crippen LogP contribution in [0.2, 0.25) is 10.0 Å². The zero-order chi connectivity index (χ0) is 17.0. The Morgan fingerprint density at radius 3 is 2.78 bits per heavy atom. The third-order valence-corrected chi connectivity index (χ3v) is 4.21. The highest BCUT2D eigenvalue weighted by atomic mass is 35.5. The number of ether oxygens (including phenoxy) is 2. The molecule has 0 spiro atoms. The molecule has 8 heteroatoms. The van der Waals surface area contributed by atoms with Gasteiger partial charge in [0.05, 0.1) is 22.7 Å². The SMILES string of the molecule is C=C1NC(=O)N[C@@H](c2cccc(Cl)c2Cl)[C@@H]1C(=O)OCCOC. The summed E-state index contributed by atoms with van der Waals surface area (Å²) in [6.07, 6.45) is 0. The average Bonchev–Trinajstić information content (AvgIpc) is 2.49. The second-order valence-corrected chi connectivity index (χ2v) is 5.67. The minimum atomic E-state index is -0.833. The summed E-state index contributed by atoms with van der Waals surface area (Å²) >= 11 is 12.2. The van der Waals surface area contributed by atoms with E-state index in [9.17, 15) is 9.59 Å². The molecule has 1 fully saturated rings. The molecule has 1 aromatic carbocycles. The second kappa shape index (κ2) is 7.68. The van der Waals surface area contributed by atoms with E-state index in [4.69, 9.17) is 32.7 Å². The van der Waals surface area contributed by atoms with Gasteiger partial charge in [0.2, 0.25) is 0 Å². The monoisotopic (exact) mass is 358 g/mol. The number of esters is 1. The molecule has 0 saturated carbocycles. The Kier molecular flexibility index (Phi) is 5.87. The molecule has 1 aliphatic heterocycles. The van der Waals surface area contributed by atoms with Gasteiger partial charge in [-0.3, -0.25) is 4.79 Å². The first-order valence-electron chi connectivity index (χ1n) is 6.81. The van der Waals surface area contributed by atoms with E-state index in [1.807, 2.05) is 0 Å². The van der Waals surface area contributed by atoms with E-state index in [1.54, 1.807) is 18.2 Å². The summed E-state index contributed by atoms with van der Waals surface area (Å²) in [6.45, 7) is 4.11. The summed E-state index contributed by atoms with van der Waals surface area (Å²) in [5.41, 5.74) is 0.751. The summed E-state index contributed by atoms with van der Waals surface area (Å²) in [4.78, 5) is 24.1. The van der Waals surface area contributed by atoms with Crippen LogP contribution in [0, 0.1) is 5.92 Å². The number of benzene rings is 1. The lowest BCUT2D eigenvalue weighted by Crippen LogP contribution is -2.51. The number of urea groups is 1. The van der Waals surface area contributed by atoms with Crippen molar-refractivity contribution in [3.63, 3.8) is 0 Å². The lowest BCUT2D eigenvalue weighted by atomic mass is 9.89. The zero-order valence-corrected chi connectivity index (χ0v) is 13.9. The first-order valence-corrected chi connectivity index (χ1v) is 7.57. The minimum absolute atomic E-state index is 0.100. The third kappa shape index (κ3) is 3.96. The first kappa shape index (κ1) is 17.6. The lowest BCUT2D eigenvalue weighted by molar-refractivity contribution is -0.149. The zero-order valence-electron chi connectivity index (χ0n) is 12.4. The van der Waals surface area contributed by atoms with Gasteiger partial charge in [0.25, 0.3) is 0 Å². The summed E-state index contributed by atoms with van der Waals surface area (Å²) in [5, 5.41) is 5.74. The number of hydrogen-bond acceptors (Lipinski definition) is 4.